The highest BCUT2D eigenvalue weighted by Gasteiger charge is 2.17. The lowest BCUT2D eigenvalue weighted by Gasteiger charge is -2.20. The number of aryl methyl sites for hydroxylation is 1. The van der Waals surface area contributed by atoms with Gasteiger partial charge < -0.3 is 5.32 Å². The molecular formula is C17H16ClNS. The minimum Gasteiger partial charge on any atom is -0.309 e. The van der Waals surface area contributed by atoms with Crippen LogP contribution in [0.3, 0.4) is 0 Å². The quantitative estimate of drug-likeness (QED) is 0.703. The number of hydrogen-bond donors (Lipinski definition) is 1. The molecule has 0 aliphatic heterocycles. The van der Waals surface area contributed by atoms with E-state index >= 15 is 0 Å². The predicted molar refractivity (Wildman–Crippen MR) is 88.9 cm³/mol. The third-order valence-electron chi connectivity index (χ3n) is 3.65. The van der Waals surface area contributed by atoms with Crippen molar-refractivity contribution in [3.05, 3.63) is 69.6 Å². The molecule has 20 heavy (non-hydrogen) atoms. The molecule has 1 atom stereocenters. The highest BCUT2D eigenvalue weighted by atomic mass is 35.5. The second-order valence-corrected chi connectivity index (χ2v) is 6.26. The van der Waals surface area contributed by atoms with Gasteiger partial charge >= 0.3 is 0 Å². The first kappa shape index (κ1) is 13.6. The monoisotopic (exact) mass is 301 g/mol. The molecule has 0 bridgehead atoms. The lowest BCUT2D eigenvalue weighted by Crippen LogP contribution is -2.18. The van der Waals surface area contributed by atoms with Gasteiger partial charge in [-0.3, -0.25) is 0 Å². The van der Waals surface area contributed by atoms with Crippen molar-refractivity contribution in [1.82, 2.24) is 5.32 Å². The number of nitrogens with one attached hydrogen (secondary N) is 1. The molecule has 0 spiro atoms. The van der Waals surface area contributed by atoms with E-state index < -0.39 is 0 Å². The summed E-state index contributed by atoms with van der Waals surface area (Å²) < 4.78 is 1.35. The minimum atomic E-state index is 0.189. The van der Waals surface area contributed by atoms with Crippen LogP contribution in [-0.4, -0.2) is 7.05 Å². The number of fused-ring (bicyclic) bond motifs is 1. The molecule has 102 valence electrons. The van der Waals surface area contributed by atoms with E-state index in [9.17, 15) is 0 Å². The number of thiophene rings is 1. The average molecular weight is 302 g/mol. The summed E-state index contributed by atoms with van der Waals surface area (Å²) in [6.07, 6.45) is 0. The van der Waals surface area contributed by atoms with E-state index in [4.69, 9.17) is 11.6 Å². The molecule has 0 fully saturated rings. The Bertz CT molecular complexity index is 748. The molecule has 2 aromatic carbocycles. The minimum absolute atomic E-state index is 0.189. The molecule has 0 amide bonds. The van der Waals surface area contributed by atoms with E-state index in [1.54, 1.807) is 11.3 Å². The molecule has 1 N–H and O–H groups in total. The molecule has 1 heterocycles. The average Bonchev–Trinajstić information content (AvgIpc) is 2.91. The molecule has 1 aromatic heterocycles. The van der Waals surface area contributed by atoms with Crippen LogP contribution < -0.4 is 5.32 Å². The molecular weight excluding hydrogens is 286 g/mol. The van der Waals surface area contributed by atoms with Crippen LogP contribution in [0.1, 0.15) is 22.7 Å². The molecule has 3 heteroatoms. The van der Waals surface area contributed by atoms with Gasteiger partial charge in [-0.1, -0.05) is 35.9 Å². The van der Waals surface area contributed by atoms with Gasteiger partial charge in [0.05, 0.1) is 6.04 Å². The Morgan fingerprint density at radius 3 is 2.70 bits per heavy atom. The summed E-state index contributed by atoms with van der Waals surface area (Å²) in [6, 6.07) is 15.0. The predicted octanol–water partition coefficient (Wildman–Crippen LogP) is 5.17. The number of benzene rings is 2. The van der Waals surface area contributed by atoms with Crippen LogP contribution >= 0.6 is 22.9 Å². The Balaban J connectivity index is 2.16. The van der Waals surface area contributed by atoms with Gasteiger partial charge in [-0.05, 0) is 59.6 Å². The van der Waals surface area contributed by atoms with Crippen molar-refractivity contribution in [2.45, 2.75) is 13.0 Å². The summed E-state index contributed by atoms with van der Waals surface area (Å²) >= 11 is 7.87. The van der Waals surface area contributed by atoms with E-state index in [1.807, 2.05) is 19.2 Å². The Labute approximate surface area is 128 Å². The van der Waals surface area contributed by atoms with Crippen molar-refractivity contribution in [2.24, 2.45) is 0 Å². The van der Waals surface area contributed by atoms with Gasteiger partial charge in [-0.2, -0.15) is 0 Å². The van der Waals surface area contributed by atoms with Gasteiger partial charge in [0.2, 0.25) is 0 Å². The Hall–Kier alpha value is -1.35. The molecule has 1 unspecified atom stereocenters. The van der Waals surface area contributed by atoms with Gasteiger partial charge in [0.15, 0.2) is 0 Å². The van der Waals surface area contributed by atoms with E-state index in [0.717, 1.165) is 5.02 Å². The lowest BCUT2D eigenvalue weighted by molar-refractivity contribution is 0.693. The van der Waals surface area contributed by atoms with E-state index in [2.05, 4.69) is 48.0 Å². The summed E-state index contributed by atoms with van der Waals surface area (Å²) in [4.78, 5) is 0. The van der Waals surface area contributed by atoms with Crippen LogP contribution in [0, 0.1) is 6.92 Å². The summed E-state index contributed by atoms with van der Waals surface area (Å²) in [5.74, 6) is 0. The van der Waals surface area contributed by atoms with Crippen molar-refractivity contribution < 1.29 is 0 Å². The van der Waals surface area contributed by atoms with E-state index in [0.29, 0.717) is 0 Å². The second-order valence-electron chi connectivity index (χ2n) is 4.91. The van der Waals surface area contributed by atoms with Crippen molar-refractivity contribution in [2.75, 3.05) is 7.05 Å². The normalized spacial score (nSPS) is 12.8. The van der Waals surface area contributed by atoms with Crippen LogP contribution in [0.2, 0.25) is 5.02 Å². The Kier molecular flexibility index (Phi) is 3.79. The molecule has 0 saturated heterocycles. The number of halogens is 1. The zero-order valence-electron chi connectivity index (χ0n) is 11.5. The van der Waals surface area contributed by atoms with Gasteiger partial charge in [-0.25, -0.2) is 0 Å². The molecule has 3 aromatic rings. The summed E-state index contributed by atoms with van der Waals surface area (Å²) in [6.45, 7) is 2.11. The summed E-state index contributed by atoms with van der Waals surface area (Å²) in [5.41, 5.74) is 3.81. The molecule has 1 nitrogen and oxygen atoms in total. The zero-order valence-corrected chi connectivity index (χ0v) is 13.1. The standard InChI is InChI=1S/C17H16ClNS/c1-11-10-13(18)6-7-14(11)16(19-2)15-5-3-4-12-8-9-20-17(12)15/h3-10,16,19H,1-2H3. The molecule has 0 aliphatic carbocycles. The van der Waals surface area contributed by atoms with Crippen LogP contribution in [0.15, 0.2) is 47.8 Å². The highest BCUT2D eigenvalue weighted by Crippen LogP contribution is 2.33. The highest BCUT2D eigenvalue weighted by molar-refractivity contribution is 7.17. The summed E-state index contributed by atoms with van der Waals surface area (Å²) in [7, 11) is 2.01. The Morgan fingerprint density at radius 1 is 1.10 bits per heavy atom. The van der Waals surface area contributed by atoms with Crippen molar-refractivity contribution in [3.8, 4) is 0 Å². The zero-order chi connectivity index (χ0) is 14.1. The smallest absolute Gasteiger partial charge is 0.0591 e. The lowest BCUT2D eigenvalue weighted by atomic mass is 9.94. The largest absolute Gasteiger partial charge is 0.309 e. The first-order chi connectivity index (χ1) is 9.70. The number of hydrogen-bond acceptors (Lipinski definition) is 2. The third-order valence-corrected chi connectivity index (χ3v) is 4.87. The maximum Gasteiger partial charge on any atom is 0.0591 e. The van der Waals surface area contributed by atoms with Crippen LogP contribution in [-0.2, 0) is 0 Å². The molecule has 3 rings (SSSR count). The fourth-order valence-corrected chi connectivity index (χ4v) is 3.86. The topological polar surface area (TPSA) is 12.0 Å². The van der Waals surface area contributed by atoms with E-state index in [1.165, 1.54) is 26.8 Å². The Morgan fingerprint density at radius 2 is 1.95 bits per heavy atom. The molecule has 0 aliphatic rings. The fraction of sp³-hybridized carbons (Fsp3) is 0.176. The summed E-state index contributed by atoms with van der Waals surface area (Å²) in [5, 5.41) is 7.68. The van der Waals surface area contributed by atoms with Gasteiger partial charge in [-0.15, -0.1) is 11.3 Å². The van der Waals surface area contributed by atoms with Crippen molar-refractivity contribution in [3.63, 3.8) is 0 Å². The maximum atomic E-state index is 6.07. The van der Waals surface area contributed by atoms with Gasteiger partial charge in [0, 0.05) is 9.72 Å². The van der Waals surface area contributed by atoms with Gasteiger partial charge in [0.25, 0.3) is 0 Å². The second kappa shape index (κ2) is 5.57. The molecule has 0 radical (unpaired) electrons. The van der Waals surface area contributed by atoms with Crippen molar-refractivity contribution >= 4 is 33.0 Å². The van der Waals surface area contributed by atoms with Crippen LogP contribution in [0.5, 0.6) is 0 Å². The van der Waals surface area contributed by atoms with Crippen LogP contribution in [0.4, 0.5) is 0 Å². The number of rotatable bonds is 3. The van der Waals surface area contributed by atoms with E-state index in [-0.39, 0.29) is 6.04 Å². The van der Waals surface area contributed by atoms with Gasteiger partial charge in [0.1, 0.15) is 0 Å². The van der Waals surface area contributed by atoms with Crippen LogP contribution in [0.25, 0.3) is 10.1 Å². The maximum absolute atomic E-state index is 6.07. The molecule has 0 saturated carbocycles. The third kappa shape index (κ3) is 2.35. The van der Waals surface area contributed by atoms with Crippen molar-refractivity contribution in [1.29, 1.82) is 0 Å². The SMILES string of the molecule is CNC(c1ccc(Cl)cc1C)c1cccc2ccsc12. The first-order valence-electron chi connectivity index (χ1n) is 6.60. The fourth-order valence-electron chi connectivity index (χ4n) is 2.69. The first-order valence-corrected chi connectivity index (χ1v) is 7.86.